The standard InChI is InChI=1S/C21H17F3N2O4/c1-2-29-19(27)13-30-18-9-4-3-6-14(18)10-15(12-25)20(28)26-17-8-5-7-16(11-17)21(22,23)24/h3-11H,2,13H2,1H3,(H,26,28)/b15-10-. The molecule has 156 valence electrons. The minimum atomic E-state index is -4.57. The highest BCUT2D eigenvalue weighted by Crippen LogP contribution is 2.30. The van der Waals surface area contributed by atoms with E-state index in [2.05, 4.69) is 5.32 Å². The molecule has 6 nitrogen and oxygen atoms in total. The maximum Gasteiger partial charge on any atom is 0.416 e. The van der Waals surface area contributed by atoms with Gasteiger partial charge in [0.05, 0.1) is 12.2 Å². The van der Waals surface area contributed by atoms with Crippen LogP contribution in [-0.4, -0.2) is 25.1 Å². The van der Waals surface area contributed by atoms with Crippen LogP contribution in [0.3, 0.4) is 0 Å². The zero-order valence-electron chi connectivity index (χ0n) is 15.8. The van der Waals surface area contributed by atoms with Gasteiger partial charge < -0.3 is 14.8 Å². The van der Waals surface area contributed by atoms with Crippen molar-refractivity contribution in [1.82, 2.24) is 0 Å². The maximum atomic E-state index is 12.8. The first kappa shape index (κ1) is 22.5. The van der Waals surface area contributed by atoms with Crippen molar-refractivity contribution in [2.45, 2.75) is 13.1 Å². The fraction of sp³-hybridized carbons (Fsp3) is 0.190. The van der Waals surface area contributed by atoms with Gasteiger partial charge in [-0.2, -0.15) is 18.4 Å². The van der Waals surface area contributed by atoms with Gasteiger partial charge in [-0.1, -0.05) is 24.3 Å². The number of amides is 1. The predicted molar refractivity (Wildman–Crippen MR) is 102 cm³/mol. The van der Waals surface area contributed by atoms with Crippen LogP contribution in [0.15, 0.2) is 54.1 Å². The molecule has 0 aliphatic carbocycles. The predicted octanol–water partition coefficient (Wildman–Crippen LogP) is 4.19. The average Bonchev–Trinajstić information content (AvgIpc) is 2.71. The van der Waals surface area contributed by atoms with Gasteiger partial charge in [-0.05, 0) is 37.3 Å². The van der Waals surface area contributed by atoms with Crippen molar-refractivity contribution in [2.24, 2.45) is 0 Å². The van der Waals surface area contributed by atoms with E-state index in [0.29, 0.717) is 5.56 Å². The van der Waals surface area contributed by atoms with Gasteiger partial charge in [0.1, 0.15) is 17.4 Å². The lowest BCUT2D eigenvalue weighted by Crippen LogP contribution is -2.15. The van der Waals surface area contributed by atoms with E-state index in [1.54, 1.807) is 31.2 Å². The van der Waals surface area contributed by atoms with Gasteiger partial charge >= 0.3 is 12.1 Å². The zero-order chi connectivity index (χ0) is 22.1. The van der Waals surface area contributed by atoms with E-state index in [4.69, 9.17) is 9.47 Å². The number of anilines is 1. The second kappa shape index (κ2) is 10.1. The number of alkyl halides is 3. The highest BCUT2D eigenvalue weighted by atomic mass is 19.4. The number of hydrogen-bond acceptors (Lipinski definition) is 5. The van der Waals surface area contributed by atoms with Crippen LogP contribution in [0.4, 0.5) is 18.9 Å². The molecule has 0 radical (unpaired) electrons. The first-order valence-electron chi connectivity index (χ1n) is 8.72. The molecule has 30 heavy (non-hydrogen) atoms. The summed E-state index contributed by atoms with van der Waals surface area (Å²) in [6.07, 6.45) is -3.35. The lowest BCUT2D eigenvalue weighted by Gasteiger charge is -2.10. The molecule has 0 aliphatic rings. The van der Waals surface area contributed by atoms with Gasteiger partial charge in [-0.15, -0.1) is 0 Å². The van der Waals surface area contributed by atoms with E-state index in [1.807, 2.05) is 0 Å². The summed E-state index contributed by atoms with van der Waals surface area (Å²) in [6.45, 7) is 1.48. The number of carbonyl (C=O) groups is 2. The van der Waals surface area contributed by atoms with Crippen LogP contribution in [0.5, 0.6) is 5.75 Å². The van der Waals surface area contributed by atoms with E-state index in [1.165, 1.54) is 18.2 Å². The first-order chi connectivity index (χ1) is 14.2. The summed E-state index contributed by atoms with van der Waals surface area (Å²) in [6, 6.07) is 12.1. The second-order valence-corrected chi connectivity index (χ2v) is 5.83. The van der Waals surface area contributed by atoms with Crippen LogP contribution in [0.2, 0.25) is 0 Å². The Balaban J connectivity index is 2.21. The van der Waals surface area contributed by atoms with Crippen molar-refractivity contribution in [3.8, 4) is 11.8 Å². The number of nitrogens with zero attached hydrogens (tertiary/aromatic N) is 1. The van der Waals surface area contributed by atoms with Crippen molar-refractivity contribution in [1.29, 1.82) is 5.26 Å². The molecule has 2 aromatic rings. The maximum absolute atomic E-state index is 12.8. The number of halogens is 3. The number of ether oxygens (including phenoxy) is 2. The van der Waals surface area contributed by atoms with E-state index in [-0.39, 0.29) is 30.2 Å². The van der Waals surface area contributed by atoms with E-state index >= 15 is 0 Å². The molecule has 2 rings (SSSR count). The Labute approximate surface area is 170 Å². The van der Waals surface area contributed by atoms with Crippen molar-refractivity contribution in [2.75, 3.05) is 18.5 Å². The van der Waals surface area contributed by atoms with Gasteiger partial charge in [0.2, 0.25) is 0 Å². The fourth-order valence-corrected chi connectivity index (χ4v) is 2.35. The quantitative estimate of drug-likeness (QED) is 0.414. The van der Waals surface area contributed by atoms with E-state index < -0.39 is 23.6 Å². The van der Waals surface area contributed by atoms with Crippen LogP contribution in [-0.2, 0) is 20.5 Å². The molecule has 0 saturated carbocycles. The van der Waals surface area contributed by atoms with Crippen molar-refractivity contribution in [3.05, 3.63) is 65.2 Å². The zero-order valence-corrected chi connectivity index (χ0v) is 15.8. The molecule has 0 bridgehead atoms. The van der Waals surface area contributed by atoms with Crippen LogP contribution in [0.25, 0.3) is 6.08 Å². The Morgan fingerprint density at radius 3 is 2.57 bits per heavy atom. The third-order valence-electron chi connectivity index (χ3n) is 3.68. The number of rotatable bonds is 7. The molecular weight excluding hydrogens is 401 g/mol. The summed E-state index contributed by atoms with van der Waals surface area (Å²) < 4.78 is 48.6. The van der Waals surface area contributed by atoms with Gasteiger partial charge in [-0.3, -0.25) is 4.79 Å². The summed E-state index contributed by atoms with van der Waals surface area (Å²) in [7, 11) is 0. The number of benzene rings is 2. The number of para-hydroxylation sites is 1. The van der Waals surface area contributed by atoms with E-state index in [9.17, 15) is 28.0 Å². The van der Waals surface area contributed by atoms with Crippen LogP contribution >= 0.6 is 0 Å². The molecule has 0 heterocycles. The summed E-state index contributed by atoms with van der Waals surface area (Å²) in [5, 5.41) is 11.6. The van der Waals surface area contributed by atoms with Gasteiger partial charge in [0, 0.05) is 11.3 Å². The highest BCUT2D eigenvalue weighted by Gasteiger charge is 2.30. The van der Waals surface area contributed by atoms with Gasteiger partial charge in [0.15, 0.2) is 6.61 Å². The Morgan fingerprint density at radius 2 is 1.90 bits per heavy atom. The van der Waals surface area contributed by atoms with Crippen LogP contribution in [0, 0.1) is 11.3 Å². The number of esters is 1. The molecule has 0 aliphatic heterocycles. The van der Waals surface area contributed by atoms with Crippen molar-refractivity contribution >= 4 is 23.6 Å². The smallest absolute Gasteiger partial charge is 0.416 e. The SMILES string of the molecule is CCOC(=O)COc1ccccc1/C=C(/C#N)C(=O)Nc1cccc(C(F)(F)F)c1. The Morgan fingerprint density at radius 1 is 1.17 bits per heavy atom. The minimum Gasteiger partial charge on any atom is -0.481 e. The lowest BCUT2D eigenvalue weighted by molar-refractivity contribution is -0.145. The molecule has 0 unspecified atom stereocenters. The molecule has 2 aromatic carbocycles. The number of carbonyl (C=O) groups excluding carboxylic acids is 2. The number of hydrogen-bond donors (Lipinski definition) is 1. The van der Waals surface area contributed by atoms with Crippen LogP contribution < -0.4 is 10.1 Å². The third kappa shape index (κ3) is 6.38. The molecule has 0 fully saturated rings. The molecule has 1 amide bonds. The number of nitriles is 1. The number of nitrogens with one attached hydrogen (secondary N) is 1. The Hall–Kier alpha value is -3.80. The topological polar surface area (TPSA) is 88.4 Å². The second-order valence-electron chi connectivity index (χ2n) is 5.83. The van der Waals surface area contributed by atoms with Gasteiger partial charge in [0.25, 0.3) is 5.91 Å². The molecule has 0 saturated heterocycles. The van der Waals surface area contributed by atoms with E-state index in [0.717, 1.165) is 18.2 Å². The summed E-state index contributed by atoms with van der Waals surface area (Å²) in [5.74, 6) is -1.25. The van der Waals surface area contributed by atoms with Crippen molar-refractivity contribution < 1.29 is 32.2 Å². The molecule has 0 spiro atoms. The molecule has 1 N–H and O–H groups in total. The average molecular weight is 418 g/mol. The Bertz CT molecular complexity index is 994. The third-order valence-corrected chi connectivity index (χ3v) is 3.68. The molecule has 0 atom stereocenters. The minimum absolute atomic E-state index is 0.108. The summed E-state index contributed by atoms with van der Waals surface area (Å²) in [5.41, 5.74) is -1.07. The van der Waals surface area contributed by atoms with Gasteiger partial charge in [-0.25, -0.2) is 4.79 Å². The lowest BCUT2D eigenvalue weighted by atomic mass is 10.1. The molecule has 0 aromatic heterocycles. The first-order valence-corrected chi connectivity index (χ1v) is 8.72. The Kier molecular flexibility index (Phi) is 7.58. The largest absolute Gasteiger partial charge is 0.481 e. The van der Waals surface area contributed by atoms with Crippen LogP contribution in [0.1, 0.15) is 18.1 Å². The monoisotopic (exact) mass is 418 g/mol. The highest BCUT2D eigenvalue weighted by molar-refractivity contribution is 6.09. The summed E-state index contributed by atoms with van der Waals surface area (Å²) >= 11 is 0. The normalized spacial score (nSPS) is 11.4. The summed E-state index contributed by atoms with van der Waals surface area (Å²) in [4.78, 5) is 23.8. The van der Waals surface area contributed by atoms with Crippen molar-refractivity contribution in [3.63, 3.8) is 0 Å². The fourth-order valence-electron chi connectivity index (χ4n) is 2.35. The molecular formula is C21H17F3N2O4. The molecule has 9 heteroatoms.